The van der Waals surface area contributed by atoms with Crippen LogP contribution in [0.3, 0.4) is 0 Å². The summed E-state index contributed by atoms with van der Waals surface area (Å²) in [5, 5.41) is 12.3. The van der Waals surface area contributed by atoms with E-state index in [1.807, 2.05) is 54.0 Å². The predicted molar refractivity (Wildman–Crippen MR) is 137 cm³/mol. The summed E-state index contributed by atoms with van der Waals surface area (Å²) in [5.74, 6) is 0.400. The van der Waals surface area contributed by atoms with Gasteiger partial charge in [0, 0.05) is 17.8 Å². The Bertz CT molecular complexity index is 1290. The van der Waals surface area contributed by atoms with Crippen molar-refractivity contribution >= 4 is 29.3 Å². The Hall–Kier alpha value is -3.91. The van der Waals surface area contributed by atoms with Gasteiger partial charge in [-0.05, 0) is 55.8 Å². The minimum atomic E-state index is -0.386. The van der Waals surface area contributed by atoms with Gasteiger partial charge in [0.2, 0.25) is 5.91 Å². The van der Waals surface area contributed by atoms with E-state index in [9.17, 15) is 9.59 Å². The maximum absolute atomic E-state index is 12.6. The van der Waals surface area contributed by atoms with Crippen LogP contribution in [-0.4, -0.2) is 39.0 Å². The smallest absolute Gasteiger partial charge is 0.338 e. The van der Waals surface area contributed by atoms with Crippen LogP contribution in [0.5, 0.6) is 0 Å². The van der Waals surface area contributed by atoms with E-state index >= 15 is 0 Å². The van der Waals surface area contributed by atoms with Gasteiger partial charge in [-0.3, -0.25) is 9.36 Å². The molecule has 0 bridgehead atoms. The van der Waals surface area contributed by atoms with E-state index < -0.39 is 0 Å². The summed E-state index contributed by atoms with van der Waals surface area (Å²) in [6, 6.07) is 24.9. The number of nitrogens with one attached hydrogen (secondary N) is 1. The molecule has 4 rings (SSSR count). The predicted octanol–water partition coefficient (Wildman–Crippen LogP) is 5.07. The standard InChI is InChI=1S/C27H26N4O3S/c1-3-34-26(33)21-11-13-22(14-12-21)28-25(32)18-35-27-30-29-24(17-20-7-5-4-6-8-20)31(27)23-15-9-19(2)10-16-23/h4-16H,3,17-18H2,1-2H3,(H,28,32). The lowest BCUT2D eigenvalue weighted by Gasteiger charge is -2.11. The second kappa shape index (κ2) is 11.5. The number of ether oxygens (including phenoxy) is 1. The molecule has 1 heterocycles. The number of aromatic nitrogens is 3. The SMILES string of the molecule is CCOC(=O)c1ccc(NC(=O)CSc2nnc(Cc3ccccc3)n2-c2ccc(C)cc2)cc1. The Labute approximate surface area is 208 Å². The molecule has 8 heteroatoms. The van der Waals surface area contributed by atoms with Crippen molar-refractivity contribution in [3.63, 3.8) is 0 Å². The number of nitrogens with zero attached hydrogens (tertiary/aromatic N) is 3. The van der Waals surface area contributed by atoms with Gasteiger partial charge in [0.1, 0.15) is 5.82 Å². The first-order chi connectivity index (χ1) is 17.0. The minimum absolute atomic E-state index is 0.162. The molecule has 0 unspecified atom stereocenters. The van der Waals surface area contributed by atoms with Crippen molar-refractivity contribution in [2.24, 2.45) is 0 Å². The average Bonchev–Trinajstić information content (AvgIpc) is 3.26. The molecular weight excluding hydrogens is 460 g/mol. The number of carbonyl (C=O) groups is 2. The van der Waals surface area contributed by atoms with Gasteiger partial charge in [0.25, 0.3) is 0 Å². The van der Waals surface area contributed by atoms with Crippen molar-refractivity contribution in [2.75, 3.05) is 17.7 Å². The van der Waals surface area contributed by atoms with Crippen LogP contribution in [0.4, 0.5) is 5.69 Å². The van der Waals surface area contributed by atoms with Gasteiger partial charge in [-0.15, -0.1) is 10.2 Å². The van der Waals surface area contributed by atoms with E-state index in [0.717, 1.165) is 22.6 Å². The minimum Gasteiger partial charge on any atom is -0.462 e. The molecule has 0 radical (unpaired) electrons. The molecule has 1 aromatic heterocycles. The molecule has 0 spiro atoms. The number of hydrogen-bond donors (Lipinski definition) is 1. The van der Waals surface area contributed by atoms with Crippen LogP contribution in [0.2, 0.25) is 0 Å². The first-order valence-electron chi connectivity index (χ1n) is 11.3. The maximum Gasteiger partial charge on any atom is 0.338 e. The van der Waals surface area contributed by atoms with E-state index in [-0.39, 0.29) is 17.6 Å². The van der Waals surface area contributed by atoms with E-state index in [1.165, 1.54) is 11.8 Å². The summed E-state index contributed by atoms with van der Waals surface area (Å²) >= 11 is 1.32. The van der Waals surface area contributed by atoms with Gasteiger partial charge in [0.05, 0.1) is 17.9 Å². The van der Waals surface area contributed by atoms with Crippen LogP contribution in [-0.2, 0) is 16.0 Å². The summed E-state index contributed by atoms with van der Waals surface area (Å²) in [7, 11) is 0. The molecule has 0 aliphatic carbocycles. The second-order valence-corrected chi connectivity index (χ2v) is 8.81. The van der Waals surface area contributed by atoms with Crippen LogP contribution in [0.25, 0.3) is 5.69 Å². The Morgan fingerprint density at radius 3 is 2.34 bits per heavy atom. The summed E-state index contributed by atoms with van der Waals surface area (Å²) in [6.07, 6.45) is 0.626. The molecule has 35 heavy (non-hydrogen) atoms. The Kier molecular flexibility index (Phi) is 7.95. The lowest BCUT2D eigenvalue weighted by Crippen LogP contribution is -2.15. The molecule has 0 saturated carbocycles. The highest BCUT2D eigenvalue weighted by Crippen LogP contribution is 2.24. The topological polar surface area (TPSA) is 86.1 Å². The van der Waals surface area contributed by atoms with Gasteiger partial charge in [-0.25, -0.2) is 4.79 Å². The van der Waals surface area contributed by atoms with E-state index in [1.54, 1.807) is 31.2 Å². The molecule has 0 aliphatic heterocycles. The highest BCUT2D eigenvalue weighted by molar-refractivity contribution is 7.99. The second-order valence-electron chi connectivity index (χ2n) is 7.87. The van der Waals surface area contributed by atoms with E-state index in [0.29, 0.717) is 29.4 Å². The summed E-state index contributed by atoms with van der Waals surface area (Å²) in [5.41, 5.74) is 4.29. The first-order valence-corrected chi connectivity index (χ1v) is 12.3. The average molecular weight is 487 g/mol. The number of benzene rings is 3. The zero-order valence-electron chi connectivity index (χ0n) is 19.6. The third kappa shape index (κ3) is 6.36. The largest absolute Gasteiger partial charge is 0.462 e. The number of carbonyl (C=O) groups excluding carboxylic acids is 2. The first kappa shape index (κ1) is 24.2. The number of thioether (sulfide) groups is 1. The van der Waals surface area contributed by atoms with Gasteiger partial charge in [-0.2, -0.15) is 0 Å². The molecule has 3 aromatic carbocycles. The molecule has 0 aliphatic rings. The number of rotatable bonds is 9. The quantitative estimate of drug-likeness (QED) is 0.262. The molecular formula is C27H26N4O3S. The van der Waals surface area contributed by atoms with E-state index in [4.69, 9.17) is 4.74 Å². The van der Waals surface area contributed by atoms with E-state index in [2.05, 4.69) is 27.6 Å². The summed E-state index contributed by atoms with van der Waals surface area (Å²) in [4.78, 5) is 24.4. The van der Waals surface area contributed by atoms with Crippen molar-refractivity contribution in [1.82, 2.24) is 14.8 Å². The number of hydrogen-bond acceptors (Lipinski definition) is 6. The Morgan fingerprint density at radius 1 is 0.943 bits per heavy atom. The summed E-state index contributed by atoms with van der Waals surface area (Å²) < 4.78 is 6.98. The monoisotopic (exact) mass is 486 g/mol. The fourth-order valence-electron chi connectivity index (χ4n) is 3.47. The zero-order valence-corrected chi connectivity index (χ0v) is 20.4. The van der Waals surface area contributed by atoms with Gasteiger partial charge < -0.3 is 10.1 Å². The lowest BCUT2D eigenvalue weighted by molar-refractivity contribution is -0.113. The Morgan fingerprint density at radius 2 is 1.66 bits per heavy atom. The van der Waals surface area contributed by atoms with Crippen molar-refractivity contribution in [3.8, 4) is 5.69 Å². The fraction of sp³-hybridized carbons (Fsp3) is 0.185. The number of esters is 1. The van der Waals surface area contributed by atoms with Crippen molar-refractivity contribution in [1.29, 1.82) is 0 Å². The number of amides is 1. The Balaban J connectivity index is 1.47. The van der Waals surface area contributed by atoms with Crippen molar-refractivity contribution in [3.05, 3.63) is 101 Å². The fourth-order valence-corrected chi connectivity index (χ4v) is 4.24. The highest BCUT2D eigenvalue weighted by Gasteiger charge is 2.17. The third-order valence-electron chi connectivity index (χ3n) is 5.21. The van der Waals surface area contributed by atoms with Crippen molar-refractivity contribution in [2.45, 2.75) is 25.4 Å². The van der Waals surface area contributed by atoms with Crippen LogP contribution >= 0.6 is 11.8 Å². The normalized spacial score (nSPS) is 10.7. The molecule has 178 valence electrons. The van der Waals surface area contributed by atoms with Gasteiger partial charge >= 0.3 is 5.97 Å². The van der Waals surface area contributed by atoms with Gasteiger partial charge in [-0.1, -0.05) is 59.8 Å². The lowest BCUT2D eigenvalue weighted by atomic mass is 10.1. The molecule has 4 aromatic rings. The molecule has 1 amide bonds. The number of anilines is 1. The highest BCUT2D eigenvalue weighted by atomic mass is 32.2. The molecule has 7 nitrogen and oxygen atoms in total. The molecule has 0 fully saturated rings. The van der Waals surface area contributed by atoms with Crippen LogP contribution in [0.1, 0.15) is 34.2 Å². The van der Waals surface area contributed by atoms with Gasteiger partial charge in [0.15, 0.2) is 5.16 Å². The third-order valence-corrected chi connectivity index (χ3v) is 6.14. The molecule has 1 N–H and O–H groups in total. The number of aryl methyl sites for hydroxylation is 1. The van der Waals surface area contributed by atoms with Crippen LogP contribution < -0.4 is 5.32 Å². The summed E-state index contributed by atoms with van der Waals surface area (Å²) in [6.45, 7) is 4.11. The van der Waals surface area contributed by atoms with Crippen LogP contribution in [0, 0.1) is 6.92 Å². The van der Waals surface area contributed by atoms with Crippen molar-refractivity contribution < 1.29 is 14.3 Å². The van der Waals surface area contributed by atoms with Crippen LogP contribution in [0.15, 0.2) is 84.0 Å². The molecule has 0 atom stereocenters. The maximum atomic E-state index is 12.6. The zero-order chi connectivity index (χ0) is 24.6. The molecule has 0 saturated heterocycles.